The maximum atomic E-state index is 13.1. The van der Waals surface area contributed by atoms with E-state index < -0.39 is 0 Å². The van der Waals surface area contributed by atoms with Crippen LogP contribution in [0.15, 0.2) is 91.1 Å². The summed E-state index contributed by atoms with van der Waals surface area (Å²) in [4.78, 5) is 13.1. The molecule has 1 amide bonds. The van der Waals surface area contributed by atoms with Gasteiger partial charge in [0.25, 0.3) is 5.91 Å². The van der Waals surface area contributed by atoms with Crippen molar-refractivity contribution in [3.8, 4) is 5.75 Å². The number of hydrogen-bond acceptors (Lipinski definition) is 4. The highest BCUT2D eigenvalue weighted by atomic mass is 16.5. The number of ether oxygens (including phenoxy) is 1. The third kappa shape index (κ3) is 4.11. The number of amides is 1. The second kappa shape index (κ2) is 8.67. The molecule has 5 rings (SSSR count). The van der Waals surface area contributed by atoms with E-state index in [4.69, 9.17) is 4.74 Å². The van der Waals surface area contributed by atoms with E-state index in [0.29, 0.717) is 11.4 Å². The lowest BCUT2D eigenvalue weighted by atomic mass is 10.0. The molecule has 1 aliphatic heterocycles. The number of aryl methyl sites for hydroxylation is 1. The predicted octanol–water partition coefficient (Wildman–Crippen LogP) is 5.51. The Kier molecular flexibility index (Phi) is 5.40. The number of nitrogens with one attached hydrogen (secondary N) is 2. The molecule has 1 unspecified atom stereocenters. The zero-order chi connectivity index (χ0) is 22.8. The third-order valence-corrected chi connectivity index (χ3v) is 5.73. The van der Waals surface area contributed by atoms with Crippen LogP contribution in [0.2, 0.25) is 0 Å². The predicted molar refractivity (Wildman–Crippen MR) is 131 cm³/mol. The number of carbonyl (C=O) groups excluding carboxylic acids is 1. The van der Waals surface area contributed by atoms with Crippen LogP contribution in [0.3, 0.4) is 0 Å². The number of para-hydroxylation sites is 1. The van der Waals surface area contributed by atoms with E-state index in [1.165, 1.54) is 5.56 Å². The Balaban J connectivity index is 1.56. The van der Waals surface area contributed by atoms with Gasteiger partial charge in [0.05, 0.1) is 19.3 Å². The van der Waals surface area contributed by atoms with Gasteiger partial charge in [-0.3, -0.25) is 4.79 Å². The van der Waals surface area contributed by atoms with Crippen molar-refractivity contribution < 1.29 is 9.53 Å². The standard InChI is InChI=1S/C27H24N4O2/c1-18-8-10-19(11-9-18)24-16-25(20-12-14-22(33-2)15-13-20)31-26(30-24)23(17-28-31)27(32)29-21-6-4-3-5-7-21/h3-17,25,30H,1-2H3,(H,29,32). The van der Waals surface area contributed by atoms with Gasteiger partial charge in [0.1, 0.15) is 17.1 Å². The Morgan fingerprint density at radius 1 is 1.00 bits per heavy atom. The van der Waals surface area contributed by atoms with Crippen molar-refractivity contribution in [3.05, 3.63) is 113 Å². The Labute approximate surface area is 192 Å². The molecule has 0 saturated carbocycles. The van der Waals surface area contributed by atoms with Gasteiger partial charge in [-0.25, -0.2) is 4.68 Å². The van der Waals surface area contributed by atoms with Gasteiger partial charge in [-0.2, -0.15) is 5.10 Å². The van der Waals surface area contributed by atoms with Crippen LogP contribution in [-0.2, 0) is 0 Å². The van der Waals surface area contributed by atoms with E-state index in [1.807, 2.05) is 59.3 Å². The monoisotopic (exact) mass is 436 g/mol. The van der Waals surface area contributed by atoms with Gasteiger partial charge in [-0.1, -0.05) is 60.2 Å². The van der Waals surface area contributed by atoms with Crippen LogP contribution < -0.4 is 15.4 Å². The molecule has 0 aliphatic carbocycles. The van der Waals surface area contributed by atoms with Crippen LogP contribution in [0.5, 0.6) is 5.75 Å². The lowest BCUT2D eigenvalue weighted by molar-refractivity contribution is 0.102. The molecule has 4 aromatic rings. The molecule has 0 fully saturated rings. The molecule has 0 spiro atoms. The van der Waals surface area contributed by atoms with Crippen molar-refractivity contribution in [2.75, 3.05) is 17.7 Å². The normalized spacial score (nSPS) is 14.6. The summed E-state index contributed by atoms with van der Waals surface area (Å²) in [6.07, 6.45) is 3.74. The van der Waals surface area contributed by atoms with E-state index in [0.717, 1.165) is 28.3 Å². The van der Waals surface area contributed by atoms with E-state index in [9.17, 15) is 4.79 Å². The van der Waals surface area contributed by atoms with Gasteiger partial charge in [0.2, 0.25) is 0 Å². The molecule has 0 bridgehead atoms. The zero-order valence-corrected chi connectivity index (χ0v) is 18.4. The summed E-state index contributed by atoms with van der Waals surface area (Å²) in [6, 6.07) is 25.5. The number of nitrogens with zero attached hydrogens (tertiary/aromatic N) is 2. The van der Waals surface area contributed by atoms with E-state index in [-0.39, 0.29) is 11.9 Å². The molecule has 6 nitrogen and oxygen atoms in total. The van der Waals surface area contributed by atoms with E-state index in [2.05, 4.69) is 53.0 Å². The molecule has 1 atom stereocenters. The van der Waals surface area contributed by atoms with Crippen molar-refractivity contribution in [1.29, 1.82) is 0 Å². The average Bonchev–Trinajstić information content (AvgIpc) is 3.29. The number of hydrogen-bond donors (Lipinski definition) is 2. The molecule has 1 aliphatic rings. The van der Waals surface area contributed by atoms with Crippen LogP contribution in [0.1, 0.15) is 33.1 Å². The lowest BCUT2D eigenvalue weighted by Gasteiger charge is -2.26. The summed E-state index contributed by atoms with van der Waals surface area (Å²) >= 11 is 0. The number of anilines is 2. The summed E-state index contributed by atoms with van der Waals surface area (Å²) in [5, 5.41) is 11.0. The van der Waals surface area contributed by atoms with E-state index >= 15 is 0 Å². The van der Waals surface area contributed by atoms with Gasteiger partial charge in [0.15, 0.2) is 0 Å². The summed E-state index contributed by atoms with van der Waals surface area (Å²) in [5.41, 5.74) is 5.42. The van der Waals surface area contributed by atoms with Crippen molar-refractivity contribution in [2.24, 2.45) is 0 Å². The van der Waals surface area contributed by atoms with Crippen LogP contribution >= 0.6 is 0 Å². The number of allylic oxidation sites excluding steroid dienone is 1. The molecule has 1 aromatic heterocycles. The molecule has 2 N–H and O–H groups in total. The Morgan fingerprint density at radius 2 is 1.73 bits per heavy atom. The zero-order valence-electron chi connectivity index (χ0n) is 18.4. The molecule has 2 heterocycles. The first-order chi connectivity index (χ1) is 16.1. The summed E-state index contributed by atoms with van der Waals surface area (Å²) in [6.45, 7) is 2.06. The average molecular weight is 437 g/mol. The number of rotatable bonds is 5. The summed E-state index contributed by atoms with van der Waals surface area (Å²) in [7, 11) is 1.65. The first-order valence-corrected chi connectivity index (χ1v) is 10.8. The van der Waals surface area contributed by atoms with Gasteiger partial charge >= 0.3 is 0 Å². The minimum atomic E-state index is -0.214. The molecule has 0 radical (unpaired) electrons. The highest BCUT2D eigenvalue weighted by molar-refractivity contribution is 6.08. The molecule has 0 saturated heterocycles. The topological polar surface area (TPSA) is 68.2 Å². The number of carbonyl (C=O) groups is 1. The lowest BCUT2D eigenvalue weighted by Crippen LogP contribution is -2.22. The second-order valence-corrected chi connectivity index (χ2v) is 7.96. The van der Waals surface area contributed by atoms with Crippen molar-refractivity contribution >= 4 is 23.1 Å². The fourth-order valence-corrected chi connectivity index (χ4v) is 3.92. The minimum absolute atomic E-state index is 0.179. The number of benzene rings is 3. The molecule has 33 heavy (non-hydrogen) atoms. The van der Waals surface area contributed by atoms with Crippen molar-refractivity contribution in [3.63, 3.8) is 0 Å². The summed E-state index contributed by atoms with van der Waals surface area (Å²) < 4.78 is 7.16. The number of aromatic nitrogens is 2. The fraction of sp³-hybridized carbons (Fsp3) is 0.111. The van der Waals surface area contributed by atoms with Gasteiger partial charge < -0.3 is 15.4 Å². The van der Waals surface area contributed by atoms with Crippen LogP contribution in [-0.4, -0.2) is 22.8 Å². The molecular weight excluding hydrogens is 412 g/mol. The quantitative estimate of drug-likeness (QED) is 0.433. The second-order valence-electron chi connectivity index (χ2n) is 7.96. The SMILES string of the molecule is COc1ccc(C2C=C(c3ccc(C)cc3)Nc3c(C(=O)Nc4ccccc4)cnn32)cc1. The molecule has 164 valence electrons. The first-order valence-electron chi connectivity index (χ1n) is 10.8. The largest absolute Gasteiger partial charge is 0.497 e. The minimum Gasteiger partial charge on any atom is -0.497 e. The van der Waals surface area contributed by atoms with E-state index in [1.54, 1.807) is 13.3 Å². The Morgan fingerprint density at radius 3 is 2.42 bits per heavy atom. The fourth-order valence-electron chi connectivity index (χ4n) is 3.92. The summed E-state index contributed by atoms with van der Waals surface area (Å²) in [5.74, 6) is 1.23. The van der Waals surface area contributed by atoms with Crippen LogP contribution in [0.25, 0.3) is 5.70 Å². The van der Waals surface area contributed by atoms with Crippen LogP contribution in [0, 0.1) is 6.92 Å². The maximum Gasteiger partial charge on any atom is 0.261 e. The number of fused-ring (bicyclic) bond motifs is 1. The number of methoxy groups -OCH3 is 1. The first kappa shape index (κ1) is 20.6. The van der Waals surface area contributed by atoms with Gasteiger partial charge in [-0.15, -0.1) is 0 Å². The van der Waals surface area contributed by atoms with Gasteiger partial charge in [0, 0.05) is 11.4 Å². The van der Waals surface area contributed by atoms with Crippen LogP contribution in [0.4, 0.5) is 11.5 Å². The van der Waals surface area contributed by atoms with Gasteiger partial charge in [-0.05, 0) is 48.4 Å². The smallest absolute Gasteiger partial charge is 0.261 e. The highest BCUT2D eigenvalue weighted by Gasteiger charge is 2.28. The molecule has 6 heteroatoms. The molecule has 3 aromatic carbocycles. The Hall–Kier alpha value is -4.32. The van der Waals surface area contributed by atoms with Crippen molar-refractivity contribution in [2.45, 2.75) is 13.0 Å². The molecular formula is C27H24N4O2. The highest BCUT2D eigenvalue weighted by Crippen LogP contribution is 2.36. The maximum absolute atomic E-state index is 13.1. The third-order valence-electron chi connectivity index (χ3n) is 5.73. The van der Waals surface area contributed by atoms with Crippen molar-refractivity contribution in [1.82, 2.24) is 9.78 Å². The Bertz CT molecular complexity index is 1310.